The lowest BCUT2D eigenvalue weighted by Crippen LogP contribution is -2.20. The highest BCUT2D eigenvalue weighted by atomic mass is 16.3. The van der Waals surface area contributed by atoms with Gasteiger partial charge < -0.3 is 30.9 Å². The predicted molar refractivity (Wildman–Crippen MR) is 128 cm³/mol. The molecule has 0 saturated carbocycles. The standard InChI is InChI=1S/C24H25N7O/c25-12-18-2-1-17(11-21(18)26)22-14-31-10-8-27-24(31)23(29-22)28-19-3-5-20(6-4-19)30-9-7-16(13-30)15-32/h1-6,8,10-12,14,16,25,32H,7,9,13,15,26H2,(H,28,29)/t16-/m0/s1. The van der Waals surface area contributed by atoms with Crippen LogP contribution in [0.2, 0.25) is 0 Å². The van der Waals surface area contributed by atoms with Gasteiger partial charge in [-0.3, -0.25) is 0 Å². The molecule has 162 valence electrons. The number of fused-ring (bicyclic) bond motifs is 1. The smallest absolute Gasteiger partial charge is 0.180 e. The van der Waals surface area contributed by atoms with Crippen molar-refractivity contribution in [3.8, 4) is 11.3 Å². The molecule has 8 nitrogen and oxygen atoms in total. The number of benzene rings is 2. The fourth-order valence-corrected chi connectivity index (χ4v) is 4.13. The minimum atomic E-state index is 0.244. The number of hydrogen-bond acceptors (Lipinski definition) is 7. The number of aliphatic hydroxyl groups is 1. The molecule has 4 aromatic rings. The first kappa shape index (κ1) is 20.0. The predicted octanol–water partition coefficient (Wildman–Crippen LogP) is 3.54. The van der Waals surface area contributed by atoms with Crippen molar-refractivity contribution in [1.82, 2.24) is 14.4 Å². The molecule has 1 aliphatic heterocycles. The number of imidazole rings is 1. The van der Waals surface area contributed by atoms with Crippen LogP contribution in [-0.2, 0) is 0 Å². The summed E-state index contributed by atoms with van der Waals surface area (Å²) in [6, 6.07) is 13.8. The highest BCUT2D eigenvalue weighted by molar-refractivity contribution is 5.87. The van der Waals surface area contributed by atoms with Gasteiger partial charge in [0.15, 0.2) is 11.5 Å². The number of nitrogens with one attached hydrogen (secondary N) is 2. The van der Waals surface area contributed by atoms with Gasteiger partial charge in [-0.1, -0.05) is 12.1 Å². The number of nitrogen functional groups attached to an aromatic ring is 1. The van der Waals surface area contributed by atoms with Crippen molar-refractivity contribution >= 4 is 34.7 Å². The highest BCUT2D eigenvalue weighted by Crippen LogP contribution is 2.29. The van der Waals surface area contributed by atoms with E-state index in [1.54, 1.807) is 6.20 Å². The average molecular weight is 428 g/mol. The second-order valence-electron chi connectivity index (χ2n) is 8.08. The fourth-order valence-electron chi connectivity index (χ4n) is 4.13. The van der Waals surface area contributed by atoms with Crippen LogP contribution < -0.4 is 16.0 Å². The Hall–Kier alpha value is -3.91. The number of anilines is 4. The lowest BCUT2D eigenvalue weighted by molar-refractivity contribution is 0.238. The molecule has 5 N–H and O–H groups in total. The van der Waals surface area contributed by atoms with Crippen LogP contribution in [0.4, 0.5) is 22.9 Å². The van der Waals surface area contributed by atoms with E-state index in [1.807, 2.05) is 47.1 Å². The van der Waals surface area contributed by atoms with Gasteiger partial charge in [0.05, 0.1) is 5.69 Å². The van der Waals surface area contributed by atoms with E-state index in [0.717, 1.165) is 47.8 Å². The average Bonchev–Trinajstić information content (AvgIpc) is 3.49. The molecular formula is C24H25N7O. The Morgan fingerprint density at radius 3 is 2.78 bits per heavy atom. The summed E-state index contributed by atoms with van der Waals surface area (Å²) in [5.41, 5.74) is 11.7. The minimum Gasteiger partial charge on any atom is -0.398 e. The van der Waals surface area contributed by atoms with Crippen molar-refractivity contribution in [1.29, 1.82) is 5.41 Å². The van der Waals surface area contributed by atoms with Crippen LogP contribution in [-0.4, -0.2) is 45.4 Å². The van der Waals surface area contributed by atoms with Crippen LogP contribution in [0.3, 0.4) is 0 Å². The number of rotatable bonds is 6. The van der Waals surface area contributed by atoms with Crippen LogP contribution in [0.5, 0.6) is 0 Å². The van der Waals surface area contributed by atoms with Gasteiger partial charge in [-0.2, -0.15) is 0 Å². The molecule has 0 amide bonds. The molecule has 5 rings (SSSR count). The van der Waals surface area contributed by atoms with Gasteiger partial charge in [-0.15, -0.1) is 0 Å². The first-order chi connectivity index (χ1) is 15.6. The maximum atomic E-state index is 9.39. The summed E-state index contributed by atoms with van der Waals surface area (Å²) in [7, 11) is 0. The van der Waals surface area contributed by atoms with Crippen molar-refractivity contribution in [3.05, 3.63) is 66.6 Å². The Kier molecular flexibility index (Phi) is 5.20. The molecule has 2 aromatic heterocycles. The fraction of sp³-hybridized carbons (Fsp3) is 0.208. The SMILES string of the molecule is N=Cc1ccc(-c2cn3ccnc3c(Nc3ccc(N4CC[C@H](CO)C4)cc3)n2)cc1N. The van der Waals surface area contributed by atoms with Crippen LogP contribution >= 0.6 is 0 Å². The van der Waals surface area contributed by atoms with Crippen molar-refractivity contribution in [2.75, 3.05) is 35.6 Å². The van der Waals surface area contributed by atoms with E-state index in [9.17, 15) is 5.11 Å². The van der Waals surface area contributed by atoms with Gasteiger partial charge in [0.1, 0.15) is 0 Å². The molecule has 32 heavy (non-hydrogen) atoms. The Balaban J connectivity index is 1.43. The molecule has 0 radical (unpaired) electrons. The zero-order valence-corrected chi connectivity index (χ0v) is 17.6. The third-order valence-corrected chi connectivity index (χ3v) is 5.95. The van der Waals surface area contributed by atoms with E-state index >= 15 is 0 Å². The monoisotopic (exact) mass is 427 g/mol. The first-order valence-electron chi connectivity index (χ1n) is 10.6. The Labute approximate surface area is 185 Å². The summed E-state index contributed by atoms with van der Waals surface area (Å²) in [6.45, 7) is 2.10. The van der Waals surface area contributed by atoms with Crippen LogP contribution in [0.1, 0.15) is 12.0 Å². The Morgan fingerprint density at radius 2 is 2.06 bits per heavy atom. The zero-order valence-electron chi connectivity index (χ0n) is 17.6. The van der Waals surface area contributed by atoms with Crippen molar-refractivity contribution in [3.63, 3.8) is 0 Å². The number of hydrogen-bond donors (Lipinski definition) is 4. The normalized spacial score (nSPS) is 15.9. The van der Waals surface area contributed by atoms with Gasteiger partial charge in [0.25, 0.3) is 0 Å². The number of aromatic nitrogens is 3. The lowest BCUT2D eigenvalue weighted by Gasteiger charge is -2.19. The van der Waals surface area contributed by atoms with E-state index in [1.165, 1.54) is 6.21 Å². The van der Waals surface area contributed by atoms with Gasteiger partial charge >= 0.3 is 0 Å². The summed E-state index contributed by atoms with van der Waals surface area (Å²) < 4.78 is 1.93. The second-order valence-corrected chi connectivity index (χ2v) is 8.08. The Morgan fingerprint density at radius 1 is 1.22 bits per heavy atom. The second kappa shape index (κ2) is 8.32. The molecule has 0 aliphatic carbocycles. The summed E-state index contributed by atoms with van der Waals surface area (Å²) in [5, 5.41) is 20.2. The molecule has 1 atom stereocenters. The van der Waals surface area contributed by atoms with Crippen LogP contribution in [0, 0.1) is 11.3 Å². The lowest BCUT2D eigenvalue weighted by atomic mass is 10.1. The van der Waals surface area contributed by atoms with Gasteiger partial charge in [0, 0.05) is 78.6 Å². The van der Waals surface area contributed by atoms with Gasteiger partial charge in [-0.05, 0) is 36.8 Å². The van der Waals surface area contributed by atoms with E-state index in [0.29, 0.717) is 23.0 Å². The van der Waals surface area contributed by atoms with E-state index < -0.39 is 0 Å². The minimum absolute atomic E-state index is 0.244. The largest absolute Gasteiger partial charge is 0.398 e. The summed E-state index contributed by atoms with van der Waals surface area (Å²) in [6.07, 6.45) is 7.81. The molecular weight excluding hydrogens is 402 g/mol. The maximum Gasteiger partial charge on any atom is 0.180 e. The van der Waals surface area contributed by atoms with Gasteiger partial charge in [-0.25, -0.2) is 9.97 Å². The topological polar surface area (TPSA) is 116 Å². The van der Waals surface area contributed by atoms with Crippen molar-refractivity contribution in [2.24, 2.45) is 5.92 Å². The van der Waals surface area contributed by atoms with E-state index in [4.69, 9.17) is 16.1 Å². The molecule has 0 bridgehead atoms. The van der Waals surface area contributed by atoms with Gasteiger partial charge in [0.2, 0.25) is 0 Å². The molecule has 0 unspecified atom stereocenters. The molecule has 1 fully saturated rings. The molecule has 0 spiro atoms. The number of nitrogens with zero attached hydrogens (tertiary/aromatic N) is 4. The summed E-state index contributed by atoms with van der Waals surface area (Å²) in [5.74, 6) is 1.01. The first-order valence-corrected chi connectivity index (χ1v) is 10.6. The third-order valence-electron chi connectivity index (χ3n) is 5.95. The van der Waals surface area contributed by atoms with Crippen molar-refractivity contribution in [2.45, 2.75) is 6.42 Å². The van der Waals surface area contributed by atoms with Crippen molar-refractivity contribution < 1.29 is 5.11 Å². The molecule has 1 saturated heterocycles. The number of aliphatic hydroxyl groups excluding tert-OH is 1. The molecule has 2 aromatic carbocycles. The molecule has 8 heteroatoms. The van der Waals surface area contributed by atoms with E-state index in [2.05, 4.69) is 27.3 Å². The third kappa shape index (κ3) is 3.76. The maximum absolute atomic E-state index is 9.39. The van der Waals surface area contributed by atoms with E-state index in [-0.39, 0.29) is 6.61 Å². The van der Waals surface area contributed by atoms with Crippen LogP contribution in [0.15, 0.2) is 61.1 Å². The zero-order chi connectivity index (χ0) is 22.1. The Bertz CT molecular complexity index is 1270. The summed E-state index contributed by atoms with van der Waals surface area (Å²) in [4.78, 5) is 11.6. The summed E-state index contributed by atoms with van der Waals surface area (Å²) >= 11 is 0. The molecule has 1 aliphatic rings. The quantitative estimate of drug-likeness (QED) is 0.276. The highest BCUT2D eigenvalue weighted by Gasteiger charge is 2.21. The number of nitrogens with two attached hydrogens (primary N) is 1. The van der Waals surface area contributed by atoms with Crippen LogP contribution in [0.25, 0.3) is 16.9 Å². The molecule has 3 heterocycles.